The number of carbonyl (C=O) groups excluding carboxylic acids is 1. The molecular formula is C8H17NO. The fraction of sp³-hybridized carbons (Fsp3) is 0.875. The van der Waals surface area contributed by atoms with Crippen LogP contribution < -0.4 is 0 Å². The number of amides is 1. The fourth-order valence-electron chi connectivity index (χ4n) is 0.848. The standard InChI is InChI=1S/C8H17NO/c1-5-8(3,4)9(6-2)7-10/h7H,5-6H2,1-4H3. The van der Waals surface area contributed by atoms with E-state index in [9.17, 15) is 4.79 Å². The van der Waals surface area contributed by atoms with Crippen molar-refractivity contribution in [2.24, 2.45) is 0 Å². The Labute approximate surface area is 63.2 Å². The molecule has 0 radical (unpaired) electrons. The molecule has 0 atom stereocenters. The van der Waals surface area contributed by atoms with E-state index in [1.807, 2.05) is 11.8 Å². The van der Waals surface area contributed by atoms with Gasteiger partial charge in [-0.25, -0.2) is 0 Å². The van der Waals surface area contributed by atoms with Gasteiger partial charge in [0.15, 0.2) is 0 Å². The van der Waals surface area contributed by atoms with Gasteiger partial charge in [0.05, 0.1) is 0 Å². The number of rotatable bonds is 4. The number of nitrogens with zero attached hydrogens (tertiary/aromatic N) is 1. The van der Waals surface area contributed by atoms with Crippen LogP contribution in [0.3, 0.4) is 0 Å². The Hall–Kier alpha value is -0.530. The maximum atomic E-state index is 10.5. The second kappa shape index (κ2) is 3.59. The zero-order valence-corrected chi connectivity index (χ0v) is 7.35. The van der Waals surface area contributed by atoms with Crippen molar-refractivity contribution in [3.05, 3.63) is 0 Å². The molecule has 0 aromatic rings. The quantitative estimate of drug-likeness (QED) is 0.548. The highest BCUT2D eigenvalue weighted by atomic mass is 16.1. The summed E-state index contributed by atoms with van der Waals surface area (Å²) in [5.41, 5.74) is 0.0243. The Balaban J connectivity index is 4.10. The first-order valence-electron chi connectivity index (χ1n) is 3.80. The van der Waals surface area contributed by atoms with Crippen molar-refractivity contribution in [1.29, 1.82) is 0 Å². The summed E-state index contributed by atoms with van der Waals surface area (Å²) in [6.45, 7) is 9.03. The number of hydrogen-bond donors (Lipinski definition) is 0. The number of carbonyl (C=O) groups is 1. The molecule has 0 rings (SSSR count). The fourth-order valence-corrected chi connectivity index (χ4v) is 0.848. The van der Waals surface area contributed by atoms with Crippen molar-refractivity contribution < 1.29 is 4.79 Å². The second-order valence-corrected chi connectivity index (χ2v) is 3.06. The molecule has 2 nitrogen and oxygen atoms in total. The normalized spacial score (nSPS) is 11.2. The second-order valence-electron chi connectivity index (χ2n) is 3.06. The molecular weight excluding hydrogens is 126 g/mol. The molecule has 0 bridgehead atoms. The minimum atomic E-state index is 0.0243. The van der Waals surface area contributed by atoms with Gasteiger partial charge in [-0.15, -0.1) is 0 Å². The van der Waals surface area contributed by atoms with Crippen LogP contribution in [0, 0.1) is 0 Å². The third-order valence-electron chi connectivity index (χ3n) is 2.11. The van der Waals surface area contributed by atoms with Crippen molar-refractivity contribution in [2.45, 2.75) is 39.7 Å². The highest BCUT2D eigenvalue weighted by Crippen LogP contribution is 2.15. The van der Waals surface area contributed by atoms with Gasteiger partial charge in [-0.2, -0.15) is 0 Å². The topological polar surface area (TPSA) is 20.3 Å². The predicted molar refractivity (Wildman–Crippen MR) is 42.8 cm³/mol. The average Bonchev–Trinajstić information content (AvgIpc) is 1.90. The van der Waals surface area contributed by atoms with E-state index in [0.717, 1.165) is 19.4 Å². The van der Waals surface area contributed by atoms with Gasteiger partial charge in [0.25, 0.3) is 0 Å². The lowest BCUT2D eigenvalue weighted by atomic mass is 10.0. The predicted octanol–water partition coefficient (Wildman–Crippen LogP) is 1.65. The highest BCUT2D eigenvalue weighted by Gasteiger charge is 2.20. The molecule has 2 heteroatoms. The SMILES string of the molecule is CCN(C=O)C(C)(C)CC. The first-order valence-corrected chi connectivity index (χ1v) is 3.80. The highest BCUT2D eigenvalue weighted by molar-refractivity contribution is 5.48. The molecule has 1 amide bonds. The number of hydrogen-bond acceptors (Lipinski definition) is 1. The summed E-state index contributed by atoms with van der Waals surface area (Å²) in [5, 5.41) is 0. The van der Waals surface area contributed by atoms with Crippen molar-refractivity contribution in [2.75, 3.05) is 6.54 Å². The maximum Gasteiger partial charge on any atom is 0.210 e. The summed E-state index contributed by atoms with van der Waals surface area (Å²) < 4.78 is 0. The summed E-state index contributed by atoms with van der Waals surface area (Å²) >= 11 is 0. The van der Waals surface area contributed by atoms with E-state index < -0.39 is 0 Å². The van der Waals surface area contributed by atoms with Crippen LogP contribution in [0.1, 0.15) is 34.1 Å². The molecule has 0 aliphatic heterocycles. The molecule has 0 fully saturated rings. The summed E-state index contributed by atoms with van der Waals surface area (Å²) in [7, 11) is 0. The van der Waals surface area contributed by atoms with Crippen molar-refractivity contribution in [3.63, 3.8) is 0 Å². The molecule has 0 unspecified atom stereocenters. The van der Waals surface area contributed by atoms with Gasteiger partial charge >= 0.3 is 0 Å². The first kappa shape index (κ1) is 9.47. The lowest BCUT2D eigenvalue weighted by molar-refractivity contribution is -0.122. The van der Waals surface area contributed by atoms with E-state index in [4.69, 9.17) is 0 Å². The molecule has 0 saturated heterocycles. The minimum Gasteiger partial charge on any atom is -0.340 e. The zero-order chi connectivity index (χ0) is 8.20. The molecule has 0 aromatic heterocycles. The Morgan fingerprint density at radius 3 is 2.00 bits per heavy atom. The van der Waals surface area contributed by atoms with Gasteiger partial charge in [-0.3, -0.25) is 4.79 Å². The molecule has 0 heterocycles. The smallest absolute Gasteiger partial charge is 0.210 e. The third-order valence-corrected chi connectivity index (χ3v) is 2.11. The first-order chi connectivity index (χ1) is 4.58. The van der Waals surface area contributed by atoms with E-state index in [0.29, 0.717) is 0 Å². The lowest BCUT2D eigenvalue weighted by Crippen LogP contribution is -2.42. The van der Waals surface area contributed by atoms with Crippen molar-refractivity contribution >= 4 is 6.41 Å². The summed E-state index contributed by atoms with van der Waals surface area (Å²) in [4.78, 5) is 12.3. The van der Waals surface area contributed by atoms with Crippen LogP contribution in [0.15, 0.2) is 0 Å². The van der Waals surface area contributed by atoms with Gasteiger partial charge in [0, 0.05) is 12.1 Å². The van der Waals surface area contributed by atoms with Crippen LogP contribution in [0.2, 0.25) is 0 Å². The zero-order valence-electron chi connectivity index (χ0n) is 7.35. The maximum absolute atomic E-state index is 10.5. The Bertz CT molecular complexity index is 110. The van der Waals surface area contributed by atoms with Crippen LogP contribution >= 0.6 is 0 Å². The van der Waals surface area contributed by atoms with E-state index >= 15 is 0 Å². The van der Waals surface area contributed by atoms with Crippen molar-refractivity contribution in [3.8, 4) is 0 Å². The Morgan fingerprint density at radius 1 is 1.40 bits per heavy atom. The van der Waals surface area contributed by atoms with E-state index in [2.05, 4.69) is 20.8 Å². The molecule has 0 saturated carbocycles. The van der Waals surface area contributed by atoms with Gasteiger partial charge < -0.3 is 4.90 Å². The molecule has 0 aliphatic carbocycles. The third kappa shape index (κ3) is 2.01. The van der Waals surface area contributed by atoms with E-state index in [-0.39, 0.29) is 5.54 Å². The average molecular weight is 143 g/mol. The summed E-state index contributed by atoms with van der Waals surface area (Å²) in [6.07, 6.45) is 1.92. The summed E-state index contributed by atoms with van der Waals surface area (Å²) in [5.74, 6) is 0. The summed E-state index contributed by atoms with van der Waals surface area (Å²) in [6, 6.07) is 0. The van der Waals surface area contributed by atoms with Crippen LogP contribution in [0.4, 0.5) is 0 Å². The Kier molecular flexibility index (Phi) is 3.40. The molecule has 60 valence electrons. The lowest BCUT2D eigenvalue weighted by Gasteiger charge is -2.33. The molecule has 10 heavy (non-hydrogen) atoms. The van der Waals surface area contributed by atoms with Gasteiger partial charge in [0.2, 0.25) is 6.41 Å². The minimum absolute atomic E-state index is 0.0243. The largest absolute Gasteiger partial charge is 0.340 e. The van der Waals surface area contributed by atoms with E-state index in [1.54, 1.807) is 0 Å². The van der Waals surface area contributed by atoms with Crippen LogP contribution in [0.5, 0.6) is 0 Å². The molecule has 0 N–H and O–H groups in total. The monoisotopic (exact) mass is 143 g/mol. The Morgan fingerprint density at radius 2 is 1.90 bits per heavy atom. The van der Waals surface area contributed by atoms with Crippen LogP contribution in [-0.4, -0.2) is 23.4 Å². The molecule has 0 spiro atoms. The van der Waals surface area contributed by atoms with Crippen LogP contribution in [-0.2, 0) is 4.79 Å². The van der Waals surface area contributed by atoms with Crippen molar-refractivity contribution in [1.82, 2.24) is 4.90 Å². The molecule has 0 aliphatic rings. The van der Waals surface area contributed by atoms with Gasteiger partial charge in [-0.05, 0) is 27.2 Å². The van der Waals surface area contributed by atoms with Gasteiger partial charge in [0.1, 0.15) is 0 Å². The van der Waals surface area contributed by atoms with E-state index in [1.165, 1.54) is 0 Å². The van der Waals surface area contributed by atoms with Crippen LogP contribution in [0.25, 0.3) is 0 Å². The molecule has 0 aromatic carbocycles. The van der Waals surface area contributed by atoms with Gasteiger partial charge in [-0.1, -0.05) is 6.92 Å².